The maximum Gasteiger partial charge on any atom is 0.323 e. The first-order valence-corrected chi connectivity index (χ1v) is 9.03. The minimum atomic E-state index is -0.558. The lowest BCUT2D eigenvalue weighted by molar-refractivity contribution is 0.0997. The molecule has 0 atom stereocenters. The summed E-state index contributed by atoms with van der Waals surface area (Å²) < 4.78 is 0. The third-order valence-corrected chi connectivity index (χ3v) is 4.52. The van der Waals surface area contributed by atoms with Gasteiger partial charge < -0.3 is 21.4 Å². The van der Waals surface area contributed by atoms with E-state index in [1.165, 1.54) is 0 Å². The second kappa shape index (κ2) is 7.47. The number of primary amides is 1. The Bertz CT molecular complexity index is 1210. The number of carbonyl (C=O) groups is 2. The number of amides is 3. The second-order valence-corrected chi connectivity index (χ2v) is 6.66. The summed E-state index contributed by atoms with van der Waals surface area (Å²) in [5, 5.41) is 6.40. The lowest BCUT2D eigenvalue weighted by atomic mass is 10.0. The van der Waals surface area contributed by atoms with Crippen molar-refractivity contribution >= 4 is 34.3 Å². The molecule has 0 saturated heterocycles. The van der Waals surface area contributed by atoms with E-state index < -0.39 is 5.91 Å². The van der Waals surface area contributed by atoms with Gasteiger partial charge in [0.1, 0.15) is 11.3 Å². The monoisotopic (exact) mass is 385 g/mol. The standard InChI is InChI=1S/C22H19N5O2/c1-13-4-2-5-16(12-13)26-22(29)25-15-9-7-14(8-10-15)18-17-6-3-11-24-21(17)27-19(18)20(23)28/h2-12H,1H3,(H2,23,28)(H,24,27)(H2,25,26,29). The Morgan fingerprint density at radius 3 is 2.45 bits per heavy atom. The summed E-state index contributed by atoms with van der Waals surface area (Å²) in [5.74, 6) is -0.558. The van der Waals surface area contributed by atoms with Crippen LogP contribution in [0.4, 0.5) is 16.2 Å². The fourth-order valence-corrected chi connectivity index (χ4v) is 3.24. The minimum absolute atomic E-state index is 0.302. The molecule has 0 bridgehead atoms. The lowest BCUT2D eigenvalue weighted by Crippen LogP contribution is -2.19. The van der Waals surface area contributed by atoms with E-state index in [9.17, 15) is 9.59 Å². The number of urea groups is 1. The van der Waals surface area contributed by atoms with Crippen LogP contribution in [0.25, 0.3) is 22.2 Å². The van der Waals surface area contributed by atoms with Crippen LogP contribution in [0.15, 0.2) is 66.9 Å². The number of benzene rings is 2. The molecular weight excluding hydrogens is 366 g/mol. The molecule has 4 aromatic rings. The Morgan fingerprint density at radius 1 is 0.966 bits per heavy atom. The van der Waals surface area contributed by atoms with Gasteiger partial charge in [-0.2, -0.15) is 0 Å². The molecule has 0 aliphatic heterocycles. The zero-order valence-electron chi connectivity index (χ0n) is 15.7. The van der Waals surface area contributed by atoms with Gasteiger partial charge in [0.25, 0.3) is 5.91 Å². The zero-order valence-corrected chi connectivity index (χ0v) is 15.7. The summed E-state index contributed by atoms with van der Waals surface area (Å²) in [6.45, 7) is 1.96. The summed E-state index contributed by atoms with van der Waals surface area (Å²) >= 11 is 0. The maximum atomic E-state index is 12.2. The van der Waals surface area contributed by atoms with Crippen molar-refractivity contribution in [2.75, 3.05) is 10.6 Å². The maximum absolute atomic E-state index is 12.2. The molecule has 2 aromatic carbocycles. The van der Waals surface area contributed by atoms with E-state index in [1.807, 2.05) is 49.4 Å². The van der Waals surface area contributed by atoms with Crippen molar-refractivity contribution < 1.29 is 9.59 Å². The molecule has 0 aliphatic carbocycles. The molecule has 0 radical (unpaired) electrons. The largest absolute Gasteiger partial charge is 0.364 e. The Kier molecular flexibility index (Phi) is 4.70. The zero-order chi connectivity index (χ0) is 20.4. The van der Waals surface area contributed by atoms with Crippen LogP contribution in [0, 0.1) is 6.92 Å². The highest BCUT2D eigenvalue weighted by atomic mass is 16.2. The minimum Gasteiger partial charge on any atom is -0.364 e. The van der Waals surface area contributed by atoms with Crippen molar-refractivity contribution in [1.29, 1.82) is 0 Å². The van der Waals surface area contributed by atoms with Gasteiger partial charge in [0.15, 0.2) is 0 Å². The van der Waals surface area contributed by atoms with E-state index >= 15 is 0 Å². The molecule has 7 nitrogen and oxygen atoms in total. The van der Waals surface area contributed by atoms with E-state index in [2.05, 4.69) is 20.6 Å². The quantitative estimate of drug-likeness (QED) is 0.420. The van der Waals surface area contributed by atoms with Crippen LogP contribution >= 0.6 is 0 Å². The molecule has 4 rings (SSSR count). The Morgan fingerprint density at radius 2 is 1.72 bits per heavy atom. The normalized spacial score (nSPS) is 10.7. The predicted octanol–water partition coefficient (Wildman–Crippen LogP) is 4.28. The van der Waals surface area contributed by atoms with Gasteiger partial charge in [0, 0.05) is 28.5 Å². The number of nitrogens with two attached hydrogens (primary N) is 1. The molecule has 0 unspecified atom stereocenters. The van der Waals surface area contributed by atoms with Crippen molar-refractivity contribution in [3.63, 3.8) is 0 Å². The van der Waals surface area contributed by atoms with Crippen LogP contribution < -0.4 is 16.4 Å². The van der Waals surface area contributed by atoms with Crippen molar-refractivity contribution in [3.8, 4) is 11.1 Å². The van der Waals surface area contributed by atoms with Crippen LogP contribution in [0.2, 0.25) is 0 Å². The van der Waals surface area contributed by atoms with E-state index in [0.717, 1.165) is 22.2 Å². The van der Waals surface area contributed by atoms with Crippen molar-refractivity contribution in [2.24, 2.45) is 5.73 Å². The van der Waals surface area contributed by atoms with E-state index in [-0.39, 0.29) is 6.03 Å². The lowest BCUT2D eigenvalue weighted by Gasteiger charge is -2.09. The van der Waals surface area contributed by atoms with Crippen LogP contribution in [-0.2, 0) is 0 Å². The summed E-state index contributed by atoms with van der Waals surface area (Å²) in [7, 11) is 0. The molecule has 2 heterocycles. The van der Waals surface area contributed by atoms with Gasteiger partial charge in [0.05, 0.1) is 0 Å². The predicted molar refractivity (Wildman–Crippen MR) is 114 cm³/mol. The summed E-state index contributed by atoms with van der Waals surface area (Å²) in [6, 6.07) is 18.1. The number of hydrogen-bond donors (Lipinski definition) is 4. The number of anilines is 2. The van der Waals surface area contributed by atoms with E-state index in [4.69, 9.17) is 5.73 Å². The van der Waals surface area contributed by atoms with Crippen LogP contribution in [0.5, 0.6) is 0 Å². The molecular formula is C22H19N5O2. The Labute approximate surface area is 167 Å². The Balaban J connectivity index is 1.57. The number of rotatable bonds is 4. The first-order chi connectivity index (χ1) is 14.0. The van der Waals surface area contributed by atoms with E-state index in [1.54, 1.807) is 24.4 Å². The number of nitrogens with zero attached hydrogens (tertiary/aromatic N) is 1. The number of aromatic amines is 1. The molecule has 0 saturated carbocycles. The van der Waals surface area contributed by atoms with Gasteiger partial charge in [-0.15, -0.1) is 0 Å². The van der Waals surface area contributed by atoms with Gasteiger partial charge in [-0.25, -0.2) is 9.78 Å². The topological polar surface area (TPSA) is 113 Å². The fourth-order valence-electron chi connectivity index (χ4n) is 3.24. The van der Waals surface area contributed by atoms with E-state index in [0.29, 0.717) is 22.6 Å². The molecule has 29 heavy (non-hydrogen) atoms. The molecule has 0 fully saturated rings. The average molecular weight is 385 g/mol. The first kappa shape index (κ1) is 18.2. The second-order valence-electron chi connectivity index (χ2n) is 6.66. The van der Waals surface area contributed by atoms with Gasteiger partial charge in [-0.1, -0.05) is 24.3 Å². The number of nitrogens with one attached hydrogen (secondary N) is 3. The van der Waals surface area contributed by atoms with Crippen molar-refractivity contribution in [3.05, 3.63) is 78.1 Å². The fraction of sp³-hybridized carbons (Fsp3) is 0.0455. The molecule has 0 aliphatic rings. The average Bonchev–Trinajstić information content (AvgIpc) is 3.08. The number of aromatic nitrogens is 2. The Hall–Kier alpha value is -4.13. The van der Waals surface area contributed by atoms with Crippen LogP contribution in [-0.4, -0.2) is 21.9 Å². The molecule has 7 heteroatoms. The third-order valence-electron chi connectivity index (χ3n) is 4.52. The van der Waals surface area contributed by atoms with Crippen LogP contribution in [0.1, 0.15) is 16.1 Å². The van der Waals surface area contributed by atoms with Crippen LogP contribution in [0.3, 0.4) is 0 Å². The molecule has 144 valence electrons. The highest BCUT2D eigenvalue weighted by molar-refractivity contribution is 6.08. The number of H-pyrrole nitrogens is 1. The molecule has 2 aromatic heterocycles. The van der Waals surface area contributed by atoms with Crippen molar-refractivity contribution in [1.82, 2.24) is 9.97 Å². The molecule has 0 spiro atoms. The summed E-state index contributed by atoms with van der Waals surface area (Å²) in [6.07, 6.45) is 1.65. The number of fused-ring (bicyclic) bond motifs is 1. The SMILES string of the molecule is Cc1cccc(NC(=O)Nc2ccc(-c3c(C(N)=O)[nH]c4ncccc34)cc2)c1. The van der Waals surface area contributed by atoms with Crippen molar-refractivity contribution in [2.45, 2.75) is 6.92 Å². The third kappa shape index (κ3) is 3.79. The smallest absolute Gasteiger partial charge is 0.323 e. The van der Waals surface area contributed by atoms with Gasteiger partial charge in [-0.05, 0) is 54.4 Å². The molecule has 3 amide bonds. The van der Waals surface area contributed by atoms with Gasteiger partial charge >= 0.3 is 6.03 Å². The van der Waals surface area contributed by atoms with Gasteiger partial charge in [0.2, 0.25) is 0 Å². The number of carbonyl (C=O) groups excluding carboxylic acids is 2. The number of hydrogen-bond acceptors (Lipinski definition) is 3. The molecule has 5 N–H and O–H groups in total. The summed E-state index contributed by atoms with van der Waals surface area (Å²) in [5.41, 5.74) is 10.3. The van der Waals surface area contributed by atoms with Gasteiger partial charge in [-0.3, -0.25) is 4.79 Å². The first-order valence-electron chi connectivity index (χ1n) is 9.03. The number of pyridine rings is 1. The number of aryl methyl sites for hydroxylation is 1. The highest BCUT2D eigenvalue weighted by Crippen LogP contribution is 2.32. The summed E-state index contributed by atoms with van der Waals surface area (Å²) in [4.78, 5) is 31.3. The highest BCUT2D eigenvalue weighted by Gasteiger charge is 2.17.